The van der Waals surface area contributed by atoms with E-state index in [9.17, 15) is 0 Å². The van der Waals surface area contributed by atoms with Gasteiger partial charge in [0.1, 0.15) is 17.6 Å². The predicted octanol–water partition coefficient (Wildman–Crippen LogP) is 3.31. The molecule has 0 aliphatic rings. The molecule has 2 aromatic heterocycles. The molecule has 2 aromatic rings. The Labute approximate surface area is 102 Å². The van der Waals surface area contributed by atoms with Crippen LogP contribution in [0.2, 0.25) is 0 Å². The molecule has 1 unspecified atom stereocenters. The van der Waals surface area contributed by atoms with Crippen LogP contribution in [0, 0.1) is 6.92 Å². The van der Waals surface area contributed by atoms with Gasteiger partial charge in [-0.3, -0.25) is 0 Å². The van der Waals surface area contributed by atoms with Gasteiger partial charge in [-0.25, -0.2) is 9.97 Å². The van der Waals surface area contributed by atoms with Crippen LogP contribution in [0.15, 0.2) is 33.4 Å². The third-order valence-corrected chi connectivity index (χ3v) is 2.76. The summed E-state index contributed by atoms with van der Waals surface area (Å²) in [5.41, 5.74) is 0. The van der Waals surface area contributed by atoms with Crippen molar-refractivity contribution >= 4 is 21.7 Å². The smallest absolute Gasteiger partial charge is 0.216 e. The third-order valence-electron chi connectivity index (χ3n) is 2.12. The molecule has 2 rings (SSSR count). The van der Waals surface area contributed by atoms with Gasteiger partial charge in [-0.15, -0.1) is 0 Å². The molecule has 0 aromatic carbocycles. The first kappa shape index (κ1) is 11.1. The summed E-state index contributed by atoms with van der Waals surface area (Å²) in [7, 11) is 0. The Morgan fingerprint density at radius 3 is 2.88 bits per heavy atom. The molecule has 84 valence electrons. The zero-order chi connectivity index (χ0) is 11.5. The number of oxazole rings is 1. The van der Waals surface area contributed by atoms with Crippen LogP contribution >= 0.6 is 15.9 Å². The van der Waals surface area contributed by atoms with Crippen LogP contribution in [0.25, 0.3) is 0 Å². The summed E-state index contributed by atoms with van der Waals surface area (Å²) in [4.78, 5) is 8.39. The van der Waals surface area contributed by atoms with Crippen LogP contribution in [0.4, 0.5) is 5.82 Å². The van der Waals surface area contributed by atoms with E-state index >= 15 is 0 Å². The molecule has 0 bridgehead atoms. The monoisotopic (exact) mass is 281 g/mol. The number of rotatable bonds is 3. The minimum Gasteiger partial charge on any atom is -0.444 e. The number of aryl methyl sites for hydroxylation is 1. The molecule has 1 N–H and O–H groups in total. The predicted molar refractivity (Wildman–Crippen MR) is 65.2 cm³/mol. The third kappa shape index (κ3) is 2.41. The highest BCUT2D eigenvalue weighted by molar-refractivity contribution is 9.10. The van der Waals surface area contributed by atoms with Gasteiger partial charge in [0.25, 0.3) is 0 Å². The van der Waals surface area contributed by atoms with E-state index in [4.69, 9.17) is 4.42 Å². The number of nitrogens with one attached hydrogen (secondary N) is 1. The fourth-order valence-electron chi connectivity index (χ4n) is 1.33. The molecule has 0 aliphatic carbocycles. The molecule has 0 spiro atoms. The van der Waals surface area contributed by atoms with Crippen molar-refractivity contribution in [3.05, 3.63) is 40.7 Å². The second-order valence-corrected chi connectivity index (χ2v) is 4.36. The van der Waals surface area contributed by atoms with E-state index in [1.54, 1.807) is 12.4 Å². The van der Waals surface area contributed by atoms with Crippen molar-refractivity contribution in [1.29, 1.82) is 0 Å². The maximum absolute atomic E-state index is 5.44. The summed E-state index contributed by atoms with van der Waals surface area (Å²) >= 11 is 3.43. The van der Waals surface area contributed by atoms with Crippen molar-refractivity contribution in [2.24, 2.45) is 0 Å². The molecule has 16 heavy (non-hydrogen) atoms. The molecular formula is C11H12BrN3O. The minimum absolute atomic E-state index is 0.0140. The van der Waals surface area contributed by atoms with Gasteiger partial charge < -0.3 is 9.73 Å². The Balaban J connectivity index is 2.13. The van der Waals surface area contributed by atoms with E-state index in [1.165, 1.54) is 0 Å². The minimum atomic E-state index is -0.0140. The Morgan fingerprint density at radius 1 is 1.44 bits per heavy atom. The molecule has 4 nitrogen and oxygen atoms in total. The van der Waals surface area contributed by atoms with Crippen molar-refractivity contribution in [3.8, 4) is 0 Å². The molecule has 0 radical (unpaired) electrons. The lowest BCUT2D eigenvalue weighted by Crippen LogP contribution is -2.08. The van der Waals surface area contributed by atoms with Gasteiger partial charge in [0.05, 0.1) is 10.7 Å². The Bertz CT molecular complexity index is 484. The maximum atomic E-state index is 5.44. The highest BCUT2D eigenvalue weighted by Gasteiger charge is 2.12. The van der Waals surface area contributed by atoms with Gasteiger partial charge in [-0.1, -0.05) is 0 Å². The molecule has 0 fully saturated rings. The summed E-state index contributed by atoms with van der Waals surface area (Å²) in [6.07, 6.45) is 3.45. The fourth-order valence-corrected chi connectivity index (χ4v) is 1.70. The van der Waals surface area contributed by atoms with E-state index in [-0.39, 0.29) is 6.04 Å². The van der Waals surface area contributed by atoms with Crippen LogP contribution in [-0.4, -0.2) is 9.97 Å². The second kappa shape index (κ2) is 4.65. The van der Waals surface area contributed by atoms with E-state index in [0.717, 1.165) is 16.1 Å². The van der Waals surface area contributed by atoms with Crippen LogP contribution in [0.3, 0.4) is 0 Å². The molecule has 0 saturated carbocycles. The average molecular weight is 282 g/mol. The number of anilines is 1. The fraction of sp³-hybridized carbons (Fsp3) is 0.273. The van der Waals surface area contributed by atoms with Crippen molar-refractivity contribution < 1.29 is 4.42 Å². The van der Waals surface area contributed by atoms with Gasteiger partial charge in [-0.05, 0) is 41.9 Å². The highest BCUT2D eigenvalue weighted by Crippen LogP contribution is 2.23. The number of hydrogen-bond donors (Lipinski definition) is 1. The first-order valence-electron chi connectivity index (χ1n) is 4.96. The van der Waals surface area contributed by atoms with E-state index in [0.29, 0.717) is 5.89 Å². The van der Waals surface area contributed by atoms with E-state index < -0.39 is 0 Å². The summed E-state index contributed by atoms with van der Waals surface area (Å²) in [5, 5.41) is 3.23. The van der Waals surface area contributed by atoms with Gasteiger partial charge in [0.15, 0.2) is 0 Å². The number of aromatic nitrogens is 2. The lowest BCUT2D eigenvalue weighted by Gasteiger charge is -2.11. The standard InChI is InChI=1S/C11H12BrN3O/c1-7-6-14-11(16-7)8(2)15-10-9(12)4-3-5-13-10/h3-6,8H,1-2H3,(H,13,15). The Kier molecular flexibility index (Phi) is 3.24. The van der Waals surface area contributed by atoms with E-state index in [1.807, 2.05) is 26.0 Å². The number of halogens is 1. The molecule has 0 saturated heterocycles. The summed E-state index contributed by atoms with van der Waals surface area (Å²) in [6.45, 7) is 3.85. The zero-order valence-electron chi connectivity index (χ0n) is 9.07. The summed E-state index contributed by atoms with van der Waals surface area (Å²) in [6, 6.07) is 3.79. The number of nitrogens with zero attached hydrogens (tertiary/aromatic N) is 2. The van der Waals surface area contributed by atoms with Crippen LogP contribution in [-0.2, 0) is 0 Å². The lowest BCUT2D eigenvalue weighted by molar-refractivity contribution is 0.453. The summed E-state index contributed by atoms with van der Waals surface area (Å²) in [5.74, 6) is 2.25. The average Bonchev–Trinajstić information content (AvgIpc) is 2.68. The molecule has 0 aliphatic heterocycles. The first-order valence-corrected chi connectivity index (χ1v) is 5.75. The van der Waals surface area contributed by atoms with Crippen LogP contribution < -0.4 is 5.32 Å². The van der Waals surface area contributed by atoms with Crippen molar-refractivity contribution in [1.82, 2.24) is 9.97 Å². The van der Waals surface area contributed by atoms with Crippen molar-refractivity contribution in [2.75, 3.05) is 5.32 Å². The first-order chi connectivity index (χ1) is 7.66. The molecule has 5 heteroatoms. The Morgan fingerprint density at radius 2 is 2.25 bits per heavy atom. The van der Waals surface area contributed by atoms with E-state index in [2.05, 4.69) is 31.2 Å². The van der Waals surface area contributed by atoms with Gasteiger partial charge in [-0.2, -0.15) is 0 Å². The number of pyridine rings is 1. The van der Waals surface area contributed by atoms with Gasteiger partial charge in [0.2, 0.25) is 5.89 Å². The number of hydrogen-bond acceptors (Lipinski definition) is 4. The largest absolute Gasteiger partial charge is 0.444 e. The van der Waals surface area contributed by atoms with Crippen molar-refractivity contribution in [2.45, 2.75) is 19.9 Å². The van der Waals surface area contributed by atoms with Crippen LogP contribution in [0.1, 0.15) is 24.6 Å². The molecule has 1 atom stereocenters. The van der Waals surface area contributed by atoms with Gasteiger partial charge >= 0.3 is 0 Å². The lowest BCUT2D eigenvalue weighted by atomic mass is 10.3. The van der Waals surface area contributed by atoms with Crippen molar-refractivity contribution in [3.63, 3.8) is 0 Å². The normalized spacial score (nSPS) is 12.4. The Hall–Kier alpha value is -1.36. The quantitative estimate of drug-likeness (QED) is 0.938. The molecule has 0 amide bonds. The second-order valence-electron chi connectivity index (χ2n) is 3.51. The maximum Gasteiger partial charge on any atom is 0.216 e. The van der Waals surface area contributed by atoms with Crippen LogP contribution in [0.5, 0.6) is 0 Å². The molecular weight excluding hydrogens is 270 g/mol. The topological polar surface area (TPSA) is 51.0 Å². The SMILES string of the molecule is Cc1cnc(C(C)Nc2ncccc2Br)o1. The summed E-state index contributed by atoms with van der Waals surface area (Å²) < 4.78 is 6.36. The van der Waals surface area contributed by atoms with Gasteiger partial charge in [0, 0.05) is 6.20 Å². The highest BCUT2D eigenvalue weighted by atomic mass is 79.9. The molecule has 2 heterocycles. The zero-order valence-corrected chi connectivity index (χ0v) is 10.7.